The topological polar surface area (TPSA) is 63.2 Å². The van der Waals surface area contributed by atoms with Gasteiger partial charge in [0.2, 0.25) is 12.1 Å². The van der Waals surface area contributed by atoms with Crippen molar-refractivity contribution in [1.82, 2.24) is 0 Å². The van der Waals surface area contributed by atoms with Gasteiger partial charge >= 0.3 is 18.3 Å². The molecule has 39 heavy (non-hydrogen) atoms. The highest BCUT2D eigenvalue weighted by atomic mass is 19.4. The molecule has 5 aliphatic rings. The summed E-state index contributed by atoms with van der Waals surface area (Å²) in [5.74, 6) is -1.00. The Morgan fingerprint density at radius 1 is 1.03 bits per heavy atom. The molecule has 4 heterocycles. The number of carbonyl (C=O) groups is 1. The van der Waals surface area contributed by atoms with Crippen molar-refractivity contribution in [1.29, 1.82) is 0 Å². The molecule has 0 aromatic heterocycles. The second kappa shape index (κ2) is 9.66. The summed E-state index contributed by atoms with van der Waals surface area (Å²) in [7, 11) is 0. The van der Waals surface area contributed by atoms with Crippen LogP contribution >= 0.6 is 0 Å². The molecule has 2 bridgehead atoms. The van der Waals surface area contributed by atoms with E-state index in [0.29, 0.717) is 36.7 Å². The van der Waals surface area contributed by atoms with Crippen LogP contribution in [0.1, 0.15) is 80.8 Å². The summed E-state index contributed by atoms with van der Waals surface area (Å²) in [5.41, 5.74) is -3.77. The van der Waals surface area contributed by atoms with Crippen molar-refractivity contribution in [3.8, 4) is 0 Å². The first kappa shape index (κ1) is 28.2. The van der Waals surface area contributed by atoms with Gasteiger partial charge in [0.15, 0.2) is 5.60 Å². The number of hydrogen-bond donors (Lipinski definition) is 0. The lowest BCUT2D eigenvalue weighted by Crippen LogP contribution is -2.66. The van der Waals surface area contributed by atoms with E-state index < -0.39 is 52.7 Å². The van der Waals surface area contributed by atoms with E-state index in [4.69, 9.17) is 24.0 Å². The Hall–Kier alpha value is -2.31. The number of allylic oxidation sites excluding steroid dienone is 1. The molecule has 1 saturated carbocycles. The predicted octanol–water partition coefficient (Wildman–Crippen LogP) is 7.18. The number of ether oxygens (including phenoxy) is 3. The standard InChI is InChI=1S/C27H30F6O6/c1-14-6-7-20-15(2)21(36-23-25(20)19(14)8-9-24(3,37-23)38-39-25)5-4-10-35-22(34)16-11-17(26(28,29)30)13-18(12-16)27(31,32)33/h11-14,19-20,23H,4-10H2,1-3H3/t14-,19+,20+,23?,24+,25-/m1/s1. The summed E-state index contributed by atoms with van der Waals surface area (Å²) in [6.07, 6.45) is -6.85. The third-order valence-electron chi connectivity index (χ3n) is 8.53. The van der Waals surface area contributed by atoms with Crippen LogP contribution in [-0.4, -0.2) is 30.3 Å². The van der Waals surface area contributed by atoms with Crippen LogP contribution in [0.3, 0.4) is 0 Å². The van der Waals surface area contributed by atoms with E-state index in [0.717, 1.165) is 24.8 Å². The Labute approximate surface area is 221 Å². The molecule has 6 nitrogen and oxygen atoms in total. The van der Waals surface area contributed by atoms with Crippen LogP contribution in [0, 0.1) is 17.8 Å². The number of rotatable bonds is 5. The number of carbonyl (C=O) groups excluding carboxylic acids is 1. The summed E-state index contributed by atoms with van der Waals surface area (Å²) in [6, 6.07) is 0.679. The van der Waals surface area contributed by atoms with Crippen molar-refractivity contribution in [2.75, 3.05) is 6.61 Å². The fourth-order valence-electron chi connectivity index (χ4n) is 6.48. The summed E-state index contributed by atoms with van der Waals surface area (Å²) in [6.45, 7) is 5.73. The molecule has 0 radical (unpaired) electrons. The van der Waals surface area contributed by atoms with Crippen molar-refractivity contribution in [2.45, 2.75) is 89.3 Å². The van der Waals surface area contributed by atoms with Crippen molar-refractivity contribution in [3.05, 3.63) is 46.2 Å². The number of esters is 1. The molecule has 6 atom stereocenters. The summed E-state index contributed by atoms with van der Waals surface area (Å²) in [5, 5.41) is 0. The highest BCUT2D eigenvalue weighted by Crippen LogP contribution is 2.60. The van der Waals surface area contributed by atoms with Crippen LogP contribution in [0.15, 0.2) is 29.5 Å². The molecule has 6 rings (SSSR count). The maximum atomic E-state index is 13.1. The maximum absolute atomic E-state index is 13.1. The molecular weight excluding hydrogens is 534 g/mol. The number of fused-ring (bicyclic) bond motifs is 2. The Kier molecular flexibility index (Phi) is 6.99. The minimum absolute atomic E-state index is 0.0106. The zero-order chi connectivity index (χ0) is 28.4. The predicted molar refractivity (Wildman–Crippen MR) is 123 cm³/mol. The van der Waals surface area contributed by atoms with E-state index in [-0.39, 0.29) is 30.9 Å². The second-order valence-electron chi connectivity index (χ2n) is 11.1. The quantitative estimate of drug-likeness (QED) is 0.163. The lowest BCUT2D eigenvalue weighted by Gasteiger charge is -2.57. The van der Waals surface area contributed by atoms with Gasteiger partial charge in [-0.05, 0) is 69.2 Å². The zero-order valence-corrected chi connectivity index (χ0v) is 21.7. The van der Waals surface area contributed by atoms with Gasteiger partial charge in [0, 0.05) is 24.7 Å². The third kappa shape index (κ3) is 5.04. The van der Waals surface area contributed by atoms with Gasteiger partial charge in [0.1, 0.15) is 0 Å². The fourth-order valence-corrected chi connectivity index (χ4v) is 6.48. The average Bonchev–Trinajstić information content (AvgIpc) is 3.09. The van der Waals surface area contributed by atoms with E-state index in [1.54, 1.807) is 0 Å². The SMILES string of the molecule is CC1=C(CCCOC(=O)c2cc(C(F)(F)F)cc(C(F)(F)F)c2)OC2O[C@]3(C)CC[C@H]4[C@H](C)CC[C@@H]1[C@@]24OO3. The number of halogens is 6. The van der Waals surface area contributed by atoms with Crippen LogP contribution in [0.2, 0.25) is 0 Å². The van der Waals surface area contributed by atoms with E-state index >= 15 is 0 Å². The molecule has 0 amide bonds. The van der Waals surface area contributed by atoms with E-state index in [2.05, 4.69) is 6.92 Å². The van der Waals surface area contributed by atoms with E-state index in [1.807, 2.05) is 13.8 Å². The first-order valence-electron chi connectivity index (χ1n) is 13.0. The van der Waals surface area contributed by atoms with Gasteiger partial charge in [-0.25, -0.2) is 14.6 Å². The normalized spacial score (nSPS) is 34.3. The van der Waals surface area contributed by atoms with Gasteiger partial charge in [-0.2, -0.15) is 26.3 Å². The Morgan fingerprint density at radius 3 is 2.33 bits per heavy atom. The molecule has 4 aliphatic heterocycles. The molecule has 1 aromatic carbocycles. The fraction of sp³-hybridized carbons (Fsp3) is 0.667. The van der Waals surface area contributed by atoms with Crippen LogP contribution in [0.4, 0.5) is 26.3 Å². The van der Waals surface area contributed by atoms with Gasteiger partial charge < -0.3 is 14.2 Å². The Bertz CT molecular complexity index is 1130. The van der Waals surface area contributed by atoms with E-state index in [1.165, 1.54) is 0 Å². The summed E-state index contributed by atoms with van der Waals surface area (Å²) >= 11 is 0. The van der Waals surface area contributed by atoms with Crippen molar-refractivity contribution < 1.29 is 55.1 Å². The Morgan fingerprint density at radius 2 is 1.69 bits per heavy atom. The number of hydrogen-bond acceptors (Lipinski definition) is 6. The van der Waals surface area contributed by atoms with Crippen molar-refractivity contribution in [2.24, 2.45) is 17.8 Å². The zero-order valence-electron chi connectivity index (χ0n) is 21.7. The molecule has 1 unspecified atom stereocenters. The van der Waals surface area contributed by atoms with E-state index in [9.17, 15) is 31.1 Å². The molecule has 1 aromatic rings. The number of alkyl halides is 6. The molecule has 1 aliphatic carbocycles. The molecular formula is C27H30F6O6. The average molecular weight is 565 g/mol. The molecule has 12 heteroatoms. The van der Waals surface area contributed by atoms with Crippen LogP contribution in [-0.2, 0) is 36.3 Å². The highest BCUT2D eigenvalue weighted by molar-refractivity contribution is 5.90. The lowest BCUT2D eigenvalue weighted by molar-refractivity contribution is -0.556. The molecule has 1 spiro atoms. The second-order valence-corrected chi connectivity index (χ2v) is 11.1. The summed E-state index contributed by atoms with van der Waals surface area (Å²) in [4.78, 5) is 24.2. The van der Waals surface area contributed by atoms with Crippen molar-refractivity contribution in [3.63, 3.8) is 0 Å². The molecule has 3 saturated heterocycles. The monoisotopic (exact) mass is 564 g/mol. The smallest absolute Gasteiger partial charge is 0.416 e. The minimum Gasteiger partial charge on any atom is -0.466 e. The van der Waals surface area contributed by atoms with Crippen molar-refractivity contribution >= 4 is 5.97 Å². The van der Waals surface area contributed by atoms with Crippen LogP contribution in [0.25, 0.3) is 0 Å². The lowest BCUT2D eigenvalue weighted by atomic mass is 9.59. The first-order chi connectivity index (χ1) is 18.1. The highest BCUT2D eigenvalue weighted by Gasteiger charge is 2.68. The maximum Gasteiger partial charge on any atom is 0.416 e. The minimum atomic E-state index is -5.06. The Balaban J connectivity index is 1.28. The van der Waals surface area contributed by atoms with Gasteiger partial charge in [-0.15, -0.1) is 0 Å². The van der Waals surface area contributed by atoms with Gasteiger partial charge in [0.05, 0.1) is 29.1 Å². The van der Waals surface area contributed by atoms with Gasteiger partial charge in [-0.3, -0.25) is 0 Å². The molecule has 4 fully saturated rings. The van der Waals surface area contributed by atoms with Crippen LogP contribution < -0.4 is 0 Å². The summed E-state index contributed by atoms with van der Waals surface area (Å²) < 4.78 is 96.3. The van der Waals surface area contributed by atoms with Crippen LogP contribution in [0.5, 0.6) is 0 Å². The number of benzene rings is 1. The largest absolute Gasteiger partial charge is 0.466 e. The van der Waals surface area contributed by atoms with Gasteiger partial charge in [0.25, 0.3) is 0 Å². The third-order valence-corrected chi connectivity index (χ3v) is 8.53. The first-order valence-corrected chi connectivity index (χ1v) is 13.0. The molecule has 216 valence electrons. The molecule has 0 N–H and O–H groups in total. The van der Waals surface area contributed by atoms with Gasteiger partial charge in [-0.1, -0.05) is 6.92 Å².